The van der Waals surface area contributed by atoms with Gasteiger partial charge in [-0.15, -0.1) is 0 Å². The van der Waals surface area contributed by atoms with Crippen LogP contribution in [0.5, 0.6) is 0 Å². The standard InChI is InChI=1S/C42H66O15/c1-37-13-14-38(2,36(53)57-34-30(49)27(46)26(45)22(18-43)54-34)17-21(37)20-7-8-24-39(3)11-10-25(55-35-31(50)28(47)29(48)32(56-35)33(51)52)40(4,19-44)23(39)9-12-42(24,6)41(20,5)16-15-37/h7,21-32,34-35,43-50H,8-19H2,1-6H3,(H,51,52)/t21?,22-,23?,24?,25+,26-,27+,28+,29+,30-,31-,32+,34+,35-,37-,38-,39+,40-,41-,42-/m1/s1. The number of carbonyl (C=O) groups excluding carboxylic acids is 1. The largest absolute Gasteiger partial charge is 0.479 e. The second-order valence-corrected chi connectivity index (χ2v) is 20.4. The summed E-state index contributed by atoms with van der Waals surface area (Å²) < 4.78 is 23.1. The van der Waals surface area contributed by atoms with E-state index in [1.54, 1.807) is 0 Å². The van der Waals surface area contributed by atoms with Crippen LogP contribution >= 0.6 is 0 Å². The summed E-state index contributed by atoms with van der Waals surface area (Å²) in [6.07, 6.45) is -6.78. The molecule has 20 atom stereocenters. The zero-order valence-electron chi connectivity index (χ0n) is 34.1. The van der Waals surface area contributed by atoms with Crippen molar-refractivity contribution in [1.29, 1.82) is 0 Å². The highest BCUT2D eigenvalue weighted by atomic mass is 16.7. The zero-order chi connectivity index (χ0) is 41.8. The first-order valence-electron chi connectivity index (χ1n) is 21.0. The minimum atomic E-state index is -1.83. The molecule has 324 valence electrons. The number of aliphatic hydroxyl groups excluding tert-OH is 8. The molecule has 0 bridgehead atoms. The normalized spacial score (nSPS) is 54.9. The maximum Gasteiger partial charge on any atom is 0.335 e. The van der Waals surface area contributed by atoms with E-state index in [0.29, 0.717) is 19.3 Å². The van der Waals surface area contributed by atoms with Gasteiger partial charge in [0.15, 0.2) is 12.4 Å². The van der Waals surface area contributed by atoms with E-state index in [1.807, 2.05) is 13.8 Å². The Bertz CT molecular complexity index is 1590. The predicted molar refractivity (Wildman–Crippen MR) is 200 cm³/mol. The highest BCUT2D eigenvalue weighted by Gasteiger charge is 2.69. The third kappa shape index (κ3) is 6.39. The Hall–Kier alpha value is -1.76. The van der Waals surface area contributed by atoms with Gasteiger partial charge in [-0.3, -0.25) is 4.79 Å². The lowest BCUT2D eigenvalue weighted by atomic mass is 9.33. The number of allylic oxidation sites excluding steroid dienone is 2. The molecule has 0 amide bonds. The van der Waals surface area contributed by atoms with Gasteiger partial charge in [0, 0.05) is 5.41 Å². The molecule has 3 unspecified atom stereocenters. The topological polar surface area (TPSA) is 253 Å². The maximum atomic E-state index is 14.0. The Kier molecular flexibility index (Phi) is 11.2. The lowest BCUT2D eigenvalue weighted by molar-refractivity contribution is -0.327. The van der Waals surface area contributed by atoms with E-state index >= 15 is 0 Å². The fraction of sp³-hybridized carbons (Fsp3) is 0.905. The number of aliphatic carboxylic acids is 1. The van der Waals surface area contributed by atoms with Gasteiger partial charge in [-0.2, -0.15) is 0 Å². The van der Waals surface area contributed by atoms with Gasteiger partial charge in [-0.1, -0.05) is 46.3 Å². The summed E-state index contributed by atoms with van der Waals surface area (Å²) in [6, 6.07) is 0. The second-order valence-electron chi connectivity index (χ2n) is 20.4. The van der Waals surface area contributed by atoms with Crippen LogP contribution in [0.25, 0.3) is 0 Å². The van der Waals surface area contributed by atoms with E-state index in [2.05, 4.69) is 33.8 Å². The van der Waals surface area contributed by atoms with Crippen molar-refractivity contribution in [3.8, 4) is 0 Å². The molecule has 15 nitrogen and oxygen atoms in total. The minimum absolute atomic E-state index is 0.000843. The Morgan fingerprint density at radius 2 is 1.40 bits per heavy atom. The van der Waals surface area contributed by atoms with Gasteiger partial charge in [0.1, 0.15) is 42.7 Å². The molecule has 0 spiro atoms. The molecular formula is C42H66O15. The van der Waals surface area contributed by atoms with Crippen LogP contribution in [-0.2, 0) is 28.5 Å². The Morgan fingerprint density at radius 1 is 0.754 bits per heavy atom. The summed E-state index contributed by atoms with van der Waals surface area (Å²) in [5, 5.41) is 93.1. The van der Waals surface area contributed by atoms with Gasteiger partial charge in [-0.25, -0.2) is 4.79 Å². The number of ether oxygens (including phenoxy) is 4. The number of carboxylic acid groups (broad SMARTS) is 1. The predicted octanol–water partition coefficient (Wildman–Crippen LogP) is 1.38. The van der Waals surface area contributed by atoms with Crippen LogP contribution < -0.4 is 0 Å². The Balaban J connectivity index is 1.13. The van der Waals surface area contributed by atoms with E-state index in [-0.39, 0.29) is 46.0 Å². The molecule has 0 aromatic rings. The summed E-state index contributed by atoms with van der Waals surface area (Å²) >= 11 is 0. The van der Waals surface area contributed by atoms with E-state index < -0.39 is 96.9 Å². The van der Waals surface area contributed by atoms with Gasteiger partial charge in [-0.05, 0) is 111 Å². The smallest absolute Gasteiger partial charge is 0.335 e. The fourth-order valence-electron chi connectivity index (χ4n) is 13.5. The lowest BCUT2D eigenvalue weighted by Gasteiger charge is -2.71. The average Bonchev–Trinajstić information content (AvgIpc) is 3.16. The molecule has 0 radical (unpaired) electrons. The van der Waals surface area contributed by atoms with Crippen LogP contribution in [0.15, 0.2) is 11.6 Å². The zero-order valence-corrected chi connectivity index (χ0v) is 34.1. The van der Waals surface area contributed by atoms with E-state index in [9.17, 15) is 55.5 Å². The molecule has 0 aromatic heterocycles. The number of aliphatic hydroxyl groups is 8. The molecule has 5 aliphatic carbocycles. The molecule has 2 heterocycles. The molecular weight excluding hydrogens is 744 g/mol. The molecule has 15 heteroatoms. The monoisotopic (exact) mass is 810 g/mol. The van der Waals surface area contributed by atoms with Gasteiger partial charge in [0.05, 0.1) is 24.7 Å². The number of hydrogen-bond acceptors (Lipinski definition) is 14. The molecule has 2 saturated heterocycles. The van der Waals surface area contributed by atoms with Crippen molar-refractivity contribution in [3.63, 3.8) is 0 Å². The van der Waals surface area contributed by atoms with E-state index in [0.717, 1.165) is 44.9 Å². The second kappa shape index (κ2) is 14.7. The van der Waals surface area contributed by atoms with Gasteiger partial charge in [0.25, 0.3) is 0 Å². The van der Waals surface area contributed by atoms with Crippen LogP contribution in [0.4, 0.5) is 0 Å². The SMILES string of the molecule is C[C@@]1(C(=O)O[C@@H]2O[C@H](CO)[C@@H](O)[C@H](O)[C@H]2O)CC[C@]2(C)CC[C@]3(C)C(=CCC4[C@@]5(C)CC[C@H](O[C@@H]6O[C@H](C(=O)O)[C@@H](O)[C@H](O)[C@H]6O)[C@](C)(CO)C5CC[C@]43C)C2C1. The number of carbonyl (C=O) groups is 2. The number of carboxylic acids is 1. The fourth-order valence-corrected chi connectivity index (χ4v) is 13.5. The van der Waals surface area contributed by atoms with E-state index in [4.69, 9.17) is 18.9 Å². The third-order valence-electron chi connectivity index (χ3n) is 17.6. The molecule has 7 aliphatic rings. The first-order chi connectivity index (χ1) is 26.5. The van der Waals surface area contributed by atoms with Crippen LogP contribution in [0.2, 0.25) is 0 Å². The molecule has 7 rings (SSSR count). The molecule has 0 aromatic carbocycles. The van der Waals surface area contributed by atoms with Crippen molar-refractivity contribution >= 4 is 11.9 Å². The highest BCUT2D eigenvalue weighted by Crippen LogP contribution is 2.76. The van der Waals surface area contributed by atoms with Crippen LogP contribution in [0.1, 0.15) is 106 Å². The lowest BCUT2D eigenvalue weighted by Crippen LogP contribution is -2.67. The quantitative estimate of drug-likeness (QED) is 0.100. The number of fused-ring (bicyclic) bond motifs is 7. The summed E-state index contributed by atoms with van der Waals surface area (Å²) in [6.45, 7) is 12.5. The summed E-state index contributed by atoms with van der Waals surface area (Å²) in [4.78, 5) is 25.8. The van der Waals surface area contributed by atoms with E-state index in [1.165, 1.54) is 5.57 Å². The van der Waals surface area contributed by atoms with Crippen molar-refractivity contribution in [2.75, 3.05) is 13.2 Å². The van der Waals surface area contributed by atoms with Crippen molar-refractivity contribution < 1.29 is 74.5 Å². The van der Waals surface area contributed by atoms with Crippen molar-refractivity contribution in [1.82, 2.24) is 0 Å². The van der Waals surface area contributed by atoms with Crippen molar-refractivity contribution in [3.05, 3.63) is 11.6 Å². The van der Waals surface area contributed by atoms with Crippen LogP contribution in [0, 0.1) is 50.2 Å². The summed E-state index contributed by atoms with van der Waals surface area (Å²) in [5.41, 5.74) is -0.924. The average molecular weight is 811 g/mol. The molecule has 4 saturated carbocycles. The molecule has 9 N–H and O–H groups in total. The molecule has 6 fully saturated rings. The highest BCUT2D eigenvalue weighted by molar-refractivity contribution is 5.77. The third-order valence-corrected chi connectivity index (χ3v) is 17.6. The van der Waals surface area contributed by atoms with Crippen LogP contribution in [-0.4, -0.2) is 139 Å². The molecule has 2 aliphatic heterocycles. The number of rotatable bonds is 7. The van der Waals surface area contributed by atoms with Gasteiger partial charge in [0.2, 0.25) is 6.29 Å². The van der Waals surface area contributed by atoms with Gasteiger partial charge >= 0.3 is 11.9 Å². The maximum absolute atomic E-state index is 14.0. The number of hydrogen-bond donors (Lipinski definition) is 9. The number of esters is 1. The Labute approximate surface area is 334 Å². The first kappa shape index (κ1) is 43.3. The van der Waals surface area contributed by atoms with Gasteiger partial charge < -0.3 is 64.9 Å². The van der Waals surface area contributed by atoms with Crippen molar-refractivity contribution in [2.45, 2.75) is 173 Å². The summed E-state index contributed by atoms with van der Waals surface area (Å²) in [5.74, 6) is -1.71. The van der Waals surface area contributed by atoms with Crippen LogP contribution in [0.3, 0.4) is 0 Å². The summed E-state index contributed by atoms with van der Waals surface area (Å²) in [7, 11) is 0. The Morgan fingerprint density at radius 3 is 2.05 bits per heavy atom. The minimum Gasteiger partial charge on any atom is -0.479 e. The van der Waals surface area contributed by atoms with Crippen molar-refractivity contribution in [2.24, 2.45) is 50.2 Å². The molecule has 57 heavy (non-hydrogen) atoms. The first-order valence-corrected chi connectivity index (χ1v) is 21.0.